The van der Waals surface area contributed by atoms with Crippen LogP contribution in [0.5, 0.6) is 0 Å². The van der Waals surface area contributed by atoms with Gasteiger partial charge in [0, 0.05) is 40.2 Å². The molecular weight excluding hydrogens is 453 g/mol. The predicted molar refractivity (Wildman–Crippen MR) is 130 cm³/mol. The fourth-order valence-corrected chi connectivity index (χ4v) is 4.18. The largest absolute Gasteiger partial charge is 0.363 e. The van der Waals surface area contributed by atoms with E-state index in [1.54, 1.807) is 24.4 Å². The van der Waals surface area contributed by atoms with Crippen LogP contribution in [0.25, 0.3) is 11.1 Å². The molecule has 0 bridgehead atoms. The molecule has 0 spiro atoms. The number of alkyl halides is 2. The molecule has 4 rings (SSSR count). The molecule has 0 aliphatic carbocycles. The Kier molecular flexibility index (Phi) is 6.83. The average Bonchev–Trinajstić information content (AvgIpc) is 3.14. The van der Waals surface area contributed by atoms with E-state index in [9.17, 15) is 13.6 Å². The third-order valence-corrected chi connectivity index (χ3v) is 6.19. The summed E-state index contributed by atoms with van der Waals surface area (Å²) in [6.45, 7) is 6.74. The SMILES string of the molecule is CC(Nc1nccc2c1CN(CC(F)CF)C2=O)c1ccc(-c2ccnc(C(C)(C)C)c2)c(F)c1. The van der Waals surface area contributed by atoms with Crippen LogP contribution >= 0.6 is 0 Å². The fourth-order valence-electron chi connectivity index (χ4n) is 4.18. The summed E-state index contributed by atoms with van der Waals surface area (Å²) in [5.41, 5.74) is 3.72. The lowest BCUT2D eigenvalue weighted by atomic mass is 9.89. The van der Waals surface area contributed by atoms with Crippen LogP contribution in [0.3, 0.4) is 0 Å². The van der Waals surface area contributed by atoms with Crippen molar-refractivity contribution in [1.29, 1.82) is 0 Å². The summed E-state index contributed by atoms with van der Waals surface area (Å²) in [6, 6.07) is 10.0. The first kappa shape index (κ1) is 24.7. The molecule has 2 atom stereocenters. The van der Waals surface area contributed by atoms with Crippen molar-refractivity contribution in [2.24, 2.45) is 0 Å². The lowest BCUT2D eigenvalue weighted by Gasteiger charge is -2.20. The van der Waals surface area contributed by atoms with Crippen LogP contribution < -0.4 is 5.32 Å². The zero-order valence-corrected chi connectivity index (χ0v) is 20.3. The standard InChI is InChI=1S/C27H29F3N4O/c1-16(33-25-22-15-34(14-19(29)13-28)26(35)21(22)8-10-32-25)17-5-6-20(23(30)11-17)18-7-9-31-24(12-18)27(2,3)4/h5-12,16,19H,13-15H2,1-4H3,(H,32,33). The van der Waals surface area contributed by atoms with Crippen LogP contribution in [-0.4, -0.2) is 40.2 Å². The summed E-state index contributed by atoms with van der Waals surface area (Å²) < 4.78 is 41.3. The van der Waals surface area contributed by atoms with Crippen LogP contribution in [0.1, 0.15) is 60.9 Å². The van der Waals surface area contributed by atoms with E-state index in [0.29, 0.717) is 28.1 Å². The molecule has 184 valence electrons. The maximum Gasteiger partial charge on any atom is 0.254 e. The van der Waals surface area contributed by atoms with E-state index in [1.807, 2.05) is 19.1 Å². The van der Waals surface area contributed by atoms with Gasteiger partial charge in [-0.3, -0.25) is 9.78 Å². The van der Waals surface area contributed by atoms with Gasteiger partial charge >= 0.3 is 0 Å². The molecular formula is C27H29F3N4O. The molecule has 1 amide bonds. The minimum atomic E-state index is -1.72. The fraction of sp³-hybridized carbons (Fsp3) is 0.370. The smallest absolute Gasteiger partial charge is 0.254 e. The first-order valence-electron chi connectivity index (χ1n) is 11.6. The number of aromatic nitrogens is 2. The van der Waals surface area contributed by atoms with Gasteiger partial charge in [-0.1, -0.05) is 32.9 Å². The minimum absolute atomic E-state index is 0.142. The van der Waals surface area contributed by atoms with Crippen molar-refractivity contribution < 1.29 is 18.0 Å². The number of halogens is 3. The maximum absolute atomic E-state index is 15.2. The van der Waals surface area contributed by atoms with Gasteiger partial charge < -0.3 is 10.2 Å². The second-order valence-corrected chi connectivity index (χ2v) is 9.91. The molecule has 0 radical (unpaired) electrons. The number of benzene rings is 1. The highest BCUT2D eigenvalue weighted by Gasteiger charge is 2.32. The number of hydrogen-bond donors (Lipinski definition) is 1. The Bertz CT molecular complexity index is 1240. The number of pyridine rings is 2. The molecule has 0 fully saturated rings. The number of nitrogens with one attached hydrogen (secondary N) is 1. The maximum atomic E-state index is 15.2. The lowest BCUT2D eigenvalue weighted by molar-refractivity contribution is 0.0718. The second-order valence-electron chi connectivity index (χ2n) is 9.91. The normalized spacial score (nSPS) is 15.2. The van der Waals surface area contributed by atoms with Crippen molar-refractivity contribution in [3.05, 3.63) is 77.0 Å². The van der Waals surface area contributed by atoms with E-state index >= 15 is 4.39 Å². The monoisotopic (exact) mass is 482 g/mol. The molecule has 0 saturated carbocycles. The van der Waals surface area contributed by atoms with Crippen molar-refractivity contribution >= 4 is 11.7 Å². The predicted octanol–water partition coefficient (Wildman–Crippen LogP) is 6.02. The average molecular weight is 483 g/mol. The molecule has 1 aliphatic heterocycles. The molecule has 2 unspecified atom stereocenters. The van der Waals surface area contributed by atoms with E-state index in [-0.39, 0.29) is 36.3 Å². The van der Waals surface area contributed by atoms with E-state index in [4.69, 9.17) is 0 Å². The number of rotatable bonds is 7. The first-order valence-corrected chi connectivity index (χ1v) is 11.6. The summed E-state index contributed by atoms with van der Waals surface area (Å²) in [5.74, 6) is -0.235. The Hall–Kier alpha value is -3.42. The molecule has 2 aromatic heterocycles. The third kappa shape index (κ3) is 5.16. The quantitative estimate of drug-likeness (QED) is 0.448. The van der Waals surface area contributed by atoms with Crippen LogP contribution in [0.4, 0.5) is 19.0 Å². The third-order valence-electron chi connectivity index (χ3n) is 6.19. The number of anilines is 1. The van der Waals surface area contributed by atoms with E-state index in [0.717, 1.165) is 11.3 Å². The highest BCUT2D eigenvalue weighted by Crippen LogP contribution is 2.32. The number of carbonyl (C=O) groups is 1. The van der Waals surface area contributed by atoms with Gasteiger partial charge in [0.25, 0.3) is 5.91 Å². The molecule has 35 heavy (non-hydrogen) atoms. The lowest BCUT2D eigenvalue weighted by Crippen LogP contribution is -2.31. The number of carbonyl (C=O) groups excluding carboxylic acids is 1. The van der Waals surface area contributed by atoms with E-state index in [2.05, 4.69) is 36.1 Å². The summed E-state index contributed by atoms with van der Waals surface area (Å²) in [7, 11) is 0. The van der Waals surface area contributed by atoms with Crippen molar-refractivity contribution in [2.75, 3.05) is 18.5 Å². The summed E-state index contributed by atoms with van der Waals surface area (Å²) in [4.78, 5) is 22.6. The molecule has 8 heteroatoms. The molecule has 5 nitrogen and oxygen atoms in total. The van der Waals surface area contributed by atoms with E-state index < -0.39 is 12.8 Å². The van der Waals surface area contributed by atoms with Crippen molar-refractivity contribution in [3.8, 4) is 11.1 Å². The Morgan fingerprint density at radius 1 is 1.09 bits per heavy atom. The Morgan fingerprint density at radius 2 is 1.83 bits per heavy atom. The number of hydrogen-bond acceptors (Lipinski definition) is 4. The Labute approximate surface area is 203 Å². The summed E-state index contributed by atoms with van der Waals surface area (Å²) in [5, 5.41) is 3.25. The zero-order chi connectivity index (χ0) is 25.3. The van der Waals surface area contributed by atoms with Crippen molar-refractivity contribution in [2.45, 2.75) is 51.9 Å². The minimum Gasteiger partial charge on any atom is -0.363 e. The van der Waals surface area contributed by atoms with Crippen molar-refractivity contribution in [3.63, 3.8) is 0 Å². The topological polar surface area (TPSA) is 58.1 Å². The van der Waals surface area contributed by atoms with Gasteiger partial charge in [0.1, 0.15) is 24.5 Å². The van der Waals surface area contributed by atoms with Gasteiger partial charge in [-0.2, -0.15) is 0 Å². The molecule has 3 heterocycles. The Balaban J connectivity index is 1.54. The Morgan fingerprint density at radius 3 is 2.51 bits per heavy atom. The van der Waals surface area contributed by atoms with E-state index in [1.165, 1.54) is 17.2 Å². The number of amides is 1. The van der Waals surface area contributed by atoms with Crippen LogP contribution in [0, 0.1) is 5.82 Å². The van der Waals surface area contributed by atoms with Gasteiger partial charge in [-0.25, -0.2) is 18.2 Å². The number of fused-ring (bicyclic) bond motifs is 1. The van der Waals surface area contributed by atoms with Crippen molar-refractivity contribution in [1.82, 2.24) is 14.9 Å². The summed E-state index contributed by atoms with van der Waals surface area (Å²) in [6.07, 6.45) is 1.47. The number of nitrogens with zero attached hydrogens (tertiary/aromatic N) is 3. The van der Waals surface area contributed by atoms with Gasteiger partial charge in [-0.05, 0) is 42.3 Å². The van der Waals surface area contributed by atoms with Gasteiger partial charge in [0.2, 0.25) is 0 Å². The van der Waals surface area contributed by atoms with Crippen LogP contribution in [0.15, 0.2) is 48.8 Å². The van der Waals surface area contributed by atoms with Gasteiger partial charge in [0.15, 0.2) is 0 Å². The molecule has 1 N–H and O–H groups in total. The molecule has 3 aromatic rings. The van der Waals surface area contributed by atoms with Crippen LogP contribution in [-0.2, 0) is 12.0 Å². The van der Waals surface area contributed by atoms with Gasteiger partial charge in [0.05, 0.1) is 19.1 Å². The zero-order valence-electron chi connectivity index (χ0n) is 20.3. The van der Waals surface area contributed by atoms with Gasteiger partial charge in [-0.15, -0.1) is 0 Å². The highest BCUT2D eigenvalue weighted by atomic mass is 19.2. The molecule has 1 aromatic carbocycles. The summed E-state index contributed by atoms with van der Waals surface area (Å²) >= 11 is 0. The molecule has 1 aliphatic rings. The first-order chi connectivity index (χ1) is 16.6. The second kappa shape index (κ2) is 9.68. The molecule has 0 saturated heterocycles. The highest BCUT2D eigenvalue weighted by molar-refractivity contribution is 5.99. The van der Waals surface area contributed by atoms with Crippen LogP contribution in [0.2, 0.25) is 0 Å².